The highest BCUT2D eigenvalue weighted by Gasteiger charge is 2.17. The molecule has 2 rings (SSSR count). The lowest BCUT2D eigenvalue weighted by molar-refractivity contribution is 0.168. The van der Waals surface area contributed by atoms with Crippen molar-refractivity contribution in [1.82, 2.24) is 10.2 Å². The number of hydrogen-bond donors (Lipinski definition) is 1. The van der Waals surface area contributed by atoms with Crippen molar-refractivity contribution in [1.29, 1.82) is 0 Å². The third-order valence-electron chi connectivity index (χ3n) is 4.26. The number of piperidine rings is 1. The van der Waals surface area contributed by atoms with Gasteiger partial charge < -0.3 is 5.32 Å². The first kappa shape index (κ1) is 15.5. The molecule has 20 heavy (non-hydrogen) atoms. The average molecular weight is 278 g/mol. The number of rotatable bonds is 6. The molecule has 0 spiro atoms. The molecule has 0 saturated carbocycles. The number of benzene rings is 1. The summed E-state index contributed by atoms with van der Waals surface area (Å²) in [6.45, 7) is 7.86. The van der Waals surface area contributed by atoms with Crippen LogP contribution in [0.1, 0.15) is 38.7 Å². The molecule has 0 aromatic heterocycles. The molecular formula is C17H27FN2. The van der Waals surface area contributed by atoms with E-state index in [4.69, 9.17) is 0 Å². The van der Waals surface area contributed by atoms with Gasteiger partial charge in [-0.15, -0.1) is 0 Å². The van der Waals surface area contributed by atoms with Crippen LogP contribution in [0.15, 0.2) is 24.3 Å². The zero-order chi connectivity index (χ0) is 14.4. The minimum atomic E-state index is -0.0924. The van der Waals surface area contributed by atoms with Crippen LogP contribution in [0.25, 0.3) is 0 Å². The molecule has 0 bridgehead atoms. The fraction of sp³-hybridized carbons (Fsp3) is 0.647. The molecule has 0 aliphatic carbocycles. The van der Waals surface area contributed by atoms with E-state index >= 15 is 0 Å². The van der Waals surface area contributed by atoms with Gasteiger partial charge in [0.05, 0.1) is 0 Å². The summed E-state index contributed by atoms with van der Waals surface area (Å²) >= 11 is 0. The van der Waals surface area contributed by atoms with Crippen molar-refractivity contribution in [3.05, 3.63) is 35.6 Å². The van der Waals surface area contributed by atoms with Gasteiger partial charge in [0.15, 0.2) is 0 Å². The Balaban J connectivity index is 1.74. The minimum Gasteiger partial charge on any atom is -0.312 e. The Morgan fingerprint density at radius 3 is 2.55 bits per heavy atom. The van der Waals surface area contributed by atoms with Gasteiger partial charge in [0, 0.05) is 18.6 Å². The van der Waals surface area contributed by atoms with Crippen molar-refractivity contribution in [3.8, 4) is 0 Å². The van der Waals surface area contributed by atoms with Gasteiger partial charge in [-0.1, -0.05) is 24.6 Å². The van der Waals surface area contributed by atoms with E-state index in [1.165, 1.54) is 32.4 Å². The molecule has 2 nitrogen and oxygen atoms in total. The second-order valence-electron chi connectivity index (χ2n) is 6.05. The topological polar surface area (TPSA) is 15.3 Å². The fourth-order valence-electron chi connectivity index (χ4n) is 2.93. The standard InChI is InChI=1S/C17H27FN2/c1-14(12-16-8-4-5-9-17(16)18)19-13-15(2)20-10-6-3-7-11-20/h4-5,8-9,14-15,19H,3,6-7,10-13H2,1-2H3. The summed E-state index contributed by atoms with van der Waals surface area (Å²) in [4.78, 5) is 2.56. The van der Waals surface area contributed by atoms with E-state index < -0.39 is 0 Å². The van der Waals surface area contributed by atoms with Crippen LogP contribution in [0.3, 0.4) is 0 Å². The van der Waals surface area contributed by atoms with Gasteiger partial charge in [-0.05, 0) is 57.8 Å². The van der Waals surface area contributed by atoms with Crippen molar-refractivity contribution in [2.24, 2.45) is 0 Å². The molecule has 0 radical (unpaired) electrons. The van der Waals surface area contributed by atoms with E-state index in [1.807, 2.05) is 12.1 Å². The lowest BCUT2D eigenvalue weighted by Crippen LogP contribution is -2.45. The third-order valence-corrected chi connectivity index (χ3v) is 4.26. The van der Waals surface area contributed by atoms with E-state index in [1.54, 1.807) is 12.1 Å². The predicted molar refractivity (Wildman–Crippen MR) is 82.5 cm³/mol. The summed E-state index contributed by atoms with van der Waals surface area (Å²) in [7, 11) is 0. The molecule has 1 aliphatic rings. The van der Waals surface area contributed by atoms with Gasteiger partial charge in [-0.25, -0.2) is 4.39 Å². The smallest absolute Gasteiger partial charge is 0.126 e. The summed E-state index contributed by atoms with van der Waals surface area (Å²) in [5.74, 6) is -0.0924. The van der Waals surface area contributed by atoms with Gasteiger partial charge in [-0.2, -0.15) is 0 Å². The monoisotopic (exact) mass is 278 g/mol. The Hall–Kier alpha value is -0.930. The van der Waals surface area contributed by atoms with Gasteiger partial charge >= 0.3 is 0 Å². The number of hydrogen-bond acceptors (Lipinski definition) is 2. The number of halogens is 1. The number of nitrogens with zero attached hydrogens (tertiary/aromatic N) is 1. The van der Waals surface area contributed by atoms with Crippen molar-refractivity contribution >= 4 is 0 Å². The summed E-state index contributed by atoms with van der Waals surface area (Å²) < 4.78 is 13.6. The first-order chi connectivity index (χ1) is 9.66. The Bertz CT molecular complexity index is 402. The highest BCUT2D eigenvalue weighted by molar-refractivity contribution is 5.18. The largest absolute Gasteiger partial charge is 0.312 e. The average Bonchev–Trinajstić information content (AvgIpc) is 2.48. The fourth-order valence-corrected chi connectivity index (χ4v) is 2.93. The van der Waals surface area contributed by atoms with Crippen LogP contribution in [-0.2, 0) is 6.42 Å². The van der Waals surface area contributed by atoms with E-state index in [9.17, 15) is 4.39 Å². The van der Waals surface area contributed by atoms with Crippen LogP contribution in [0.2, 0.25) is 0 Å². The van der Waals surface area contributed by atoms with Crippen LogP contribution in [0.4, 0.5) is 4.39 Å². The Morgan fingerprint density at radius 1 is 1.15 bits per heavy atom. The maximum Gasteiger partial charge on any atom is 0.126 e. The maximum absolute atomic E-state index is 13.6. The summed E-state index contributed by atoms with van der Waals surface area (Å²) in [6, 6.07) is 7.94. The quantitative estimate of drug-likeness (QED) is 0.859. The summed E-state index contributed by atoms with van der Waals surface area (Å²) in [5.41, 5.74) is 0.804. The Labute approximate surface area is 122 Å². The van der Waals surface area contributed by atoms with Gasteiger partial charge in [0.1, 0.15) is 5.82 Å². The minimum absolute atomic E-state index is 0.0924. The first-order valence-corrected chi connectivity index (χ1v) is 7.87. The molecule has 1 saturated heterocycles. The SMILES string of the molecule is CC(Cc1ccccc1F)NCC(C)N1CCCCC1. The summed E-state index contributed by atoms with van der Waals surface area (Å²) in [6.07, 6.45) is 4.78. The van der Waals surface area contributed by atoms with E-state index in [0.29, 0.717) is 12.1 Å². The zero-order valence-corrected chi connectivity index (χ0v) is 12.7. The zero-order valence-electron chi connectivity index (χ0n) is 12.7. The molecule has 1 aromatic rings. The van der Waals surface area contributed by atoms with Gasteiger partial charge in [0.25, 0.3) is 0 Å². The molecule has 112 valence electrons. The lowest BCUT2D eigenvalue weighted by Gasteiger charge is -2.33. The molecule has 1 fully saturated rings. The maximum atomic E-state index is 13.6. The molecule has 3 heteroatoms. The molecule has 2 unspecified atom stereocenters. The van der Waals surface area contributed by atoms with Crippen LogP contribution in [0, 0.1) is 5.82 Å². The van der Waals surface area contributed by atoms with Crippen molar-refractivity contribution in [2.75, 3.05) is 19.6 Å². The first-order valence-electron chi connectivity index (χ1n) is 7.87. The van der Waals surface area contributed by atoms with E-state index in [0.717, 1.165) is 18.5 Å². The summed E-state index contributed by atoms with van der Waals surface area (Å²) in [5, 5.41) is 3.55. The van der Waals surface area contributed by atoms with Crippen molar-refractivity contribution < 1.29 is 4.39 Å². The highest BCUT2D eigenvalue weighted by atomic mass is 19.1. The predicted octanol–water partition coefficient (Wildman–Crippen LogP) is 3.22. The van der Waals surface area contributed by atoms with Gasteiger partial charge in [0.2, 0.25) is 0 Å². The van der Waals surface area contributed by atoms with Crippen LogP contribution >= 0.6 is 0 Å². The van der Waals surface area contributed by atoms with Gasteiger partial charge in [-0.3, -0.25) is 4.90 Å². The molecule has 0 amide bonds. The van der Waals surface area contributed by atoms with Crippen LogP contribution in [-0.4, -0.2) is 36.6 Å². The van der Waals surface area contributed by atoms with E-state index in [-0.39, 0.29) is 5.82 Å². The molecular weight excluding hydrogens is 251 g/mol. The lowest BCUT2D eigenvalue weighted by atomic mass is 10.1. The van der Waals surface area contributed by atoms with Crippen LogP contribution in [0.5, 0.6) is 0 Å². The van der Waals surface area contributed by atoms with Crippen molar-refractivity contribution in [2.45, 2.75) is 51.6 Å². The molecule has 1 aromatic carbocycles. The molecule has 1 heterocycles. The second kappa shape index (κ2) is 7.75. The normalized spacial score (nSPS) is 19.8. The molecule has 2 atom stereocenters. The second-order valence-corrected chi connectivity index (χ2v) is 6.05. The molecule has 1 N–H and O–H groups in total. The molecule has 1 aliphatic heterocycles. The Morgan fingerprint density at radius 2 is 1.85 bits per heavy atom. The Kier molecular flexibility index (Phi) is 5.99. The third kappa shape index (κ3) is 4.57. The van der Waals surface area contributed by atoms with Crippen LogP contribution < -0.4 is 5.32 Å². The van der Waals surface area contributed by atoms with E-state index in [2.05, 4.69) is 24.1 Å². The number of nitrogens with one attached hydrogen (secondary N) is 1. The highest BCUT2D eigenvalue weighted by Crippen LogP contribution is 2.12. The van der Waals surface area contributed by atoms with Crippen molar-refractivity contribution in [3.63, 3.8) is 0 Å². The number of likely N-dealkylation sites (tertiary alicyclic amines) is 1.